The zero-order chi connectivity index (χ0) is 27.8. The van der Waals surface area contributed by atoms with E-state index in [1.165, 1.54) is 5.56 Å². The summed E-state index contributed by atoms with van der Waals surface area (Å²) in [6.07, 6.45) is 1.82. The molecule has 1 saturated heterocycles. The van der Waals surface area contributed by atoms with Crippen LogP contribution in [0.5, 0.6) is 11.5 Å². The summed E-state index contributed by atoms with van der Waals surface area (Å²) >= 11 is 12.6. The van der Waals surface area contributed by atoms with Crippen molar-refractivity contribution < 1.29 is 4.74 Å². The molecule has 3 heterocycles. The number of hydrogen-bond donors (Lipinski definition) is 1. The van der Waals surface area contributed by atoms with Crippen LogP contribution < -0.4 is 15.0 Å². The monoisotopic (exact) mass is 564 g/mol. The average Bonchev–Trinajstić information content (AvgIpc) is 3.46. The first-order chi connectivity index (χ1) is 19.4. The fourth-order valence-corrected chi connectivity index (χ4v) is 6.02. The minimum Gasteiger partial charge on any atom is -0.457 e. The zero-order valence-corrected chi connectivity index (χ0v) is 24.1. The van der Waals surface area contributed by atoms with Crippen LogP contribution in [0, 0.1) is 20.8 Å². The Morgan fingerprint density at radius 3 is 2.20 bits per heavy atom. The van der Waals surface area contributed by atoms with Gasteiger partial charge in [-0.25, -0.2) is 0 Å². The third-order valence-corrected chi connectivity index (χ3v) is 7.99. The fraction of sp³-hybridized carbons (Fsp3) is 0.152. The summed E-state index contributed by atoms with van der Waals surface area (Å²) in [5.74, 6) is 1.57. The third-order valence-electron chi connectivity index (χ3n) is 7.35. The van der Waals surface area contributed by atoms with Crippen LogP contribution in [0.15, 0.2) is 103 Å². The number of aromatic nitrogens is 2. The van der Waals surface area contributed by atoms with Gasteiger partial charge in [0.25, 0.3) is 0 Å². The lowest BCUT2D eigenvalue weighted by Gasteiger charge is -2.28. The first-order valence-electron chi connectivity index (χ1n) is 13.2. The summed E-state index contributed by atoms with van der Waals surface area (Å²) in [7, 11) is 0. The van der Waals surface area contributed by atoms with Crippen molar-refractivity contribution in [3.63, 3.8) is 0 Å². The molecule has 6 rings (SSSR count). The van der Waals surface area contributed by atoms with Crippen LogP contribution in [0.2, 0.25) is 5.02 Å². The van der Waals surface area contributed by atoms with Crippen LogP contribution in [0.1, 0.15) is 40.3 Å². The Bertz CT molecular complexity index is 1670. The van der Waals surface area contributed by atoms with Crippen molar-refractivity contribution in [2.75, 3.05) is 4.90 Å². The lowest BCUT2D eigenvalue weighted by atomic mass is 9.96. The minimum absolute atomic E-state index is 0.131. The number of benzene rings is 3. The first-order valence-corrected chi connectivity index (χ1v) is 14.0. The van der Waals surface area contributed by atoms with Gasteiger partial charge >= 0.3 is 0 Å². The van der Waals surface area contributed by atoms with E-state index in [9.17, 15) is 0 Å². The van der Waals surface area contributed by atoms with E-state index in [1.807, 2.05) is 85.1 Å². The summed E-state index contributed by atoms with van der Waals surface area (Å²) in [5, 5.41) is 4.92. The van der Waals surface area contributed by atoms with E-state index in [0.29, 0.717) is 10.1 Å². The standard InChI is InChI=1S/C33H29ClN4OS/c1-21-11-15-25(16-12-21)39-26-17-13-24(14-18-26)38-32(31(36-33(38)40)29-9-6-7-19-35-29)27-20-22(2)37(23(27)3)30-10-5-4-8-28(30)34/h4-20,31-32H,1-3H3,(H,36,40)/t31-,32+/m1/s1. The molecule has 5 nitrogen and oxygen atoms in total. The van der Waals surface area contributed by atoms with Crippen LogP contribution >= 0.6 is 23.8 Å². The second kappa shape index (κ2) is 10.8. The van der Waals surface area contributed by atoms with Crippen molar-refractivity contribution in [2.24, 2.45) is 0 Å². The molecule has 5 aromatic rings. The molecule has 40 heavy (non-hydrogen) atoms. The molecule has 7 heteroatoms. The summed E-state index contributed by atoms with van der Waals surface area (Å²) in [5.41, 5.74) is 7.41. The summed E-state index contributed by atoms with van der Waals surface area (Å²) in [6.45, 7) is 6.31. The Balaban J connectivity index is 1.41. The number of rotatable bonds is 6. The van der Waals surface area contributed by atoms with Crippen molar-refractivity contribution in [1.29, 1.82) is 0 Å². The predicted molar refractivity (Wildman–Crippen MR) is 166 cm³/mol. The van der Waals surface area contributed by atoms with Gasteiger partial charge in [-0.3, -0.25) is 4.98 Å². The highest BCUT2D eigenvalue weighted by Gasteiger charge is 2.42. The topological polar surface area (TPSA) is 42.3 Å². The molecule has 200 valence electrons. The maximum Gasteiger partial charge on any atom is 0.174 e. The number of para-hydroxylation sites is 1. The Morgan fingerprint density at radius 2 is 1.52 bits per heavy atom. The van der Waals surface area contributed by atoms with Gasteiger partial charge < -0.3 is 19.5 Å². The van der Waals surface area contributed by atoms with Gasteiger partial charge in [0.2, 0.25) is 0 Å². The summed E-state index contributed by atoms with van der Waals surface area (Å²) in [4.78, 5) is 6.88. The Labute approximate surface area is 245 Å². The molecular formula is C33H29ClN4OS. The average molecular weight is 565 g/mol. The van der Waals surface area contributed by atoms with E-state index >= 15 is 0 Å². The predicted octanol–water partition coefficient (Wildman–Crippen LogP) is 8.42. The molecule has 2 aromatic heterocycles. The lowest BCUT2D eigenvalue weighted by Crippen LogP contribution is -2.29. The quantitative estimate of drug-likeness (QED) is 0.210. The molecule has 0 aliphatic carbocycles. The maximum absolute atomic E-state index is 6.64. The van der Waals surface area contributed by atoms with Gasteiger partial charge in [-0.2, -0.15) is 0 Å². The number of halogens is 1. The number of hydrogen-bond acceptors (Lipinski definition) is 3. The molecule has 0 radical (unpaired) electrons. The number of pyridine rings is 1. The van der Waals surface area contributed by atoms with Crippen molar-refractivity contribution in [3.05, 3.63) is 136 Å². The normalized spacial score (nSPS) is 16.7. The van der Waals surface area contributed by atoms with Crippen LogP contribution in [0.25, 0.3) is 5.69 Å². The minimum atomic E-state index is -0.141. The van der Waals surface area contributed by atoms with E-state index in [1.54, 1.807) is 0 Å². The summed E-state index contributed by atoms with van der Waals surface area (Å²) in [6, 6.07) is 32.0. The molecule has 2 atom stereocenters. The SMILES string of the molecule is Cc1ccc(Oc2ccc(N3C(=S)N[C@H](c4ccccn4)[C@@H]3c3cc(C)n(-c4ccccc4Cl)c3C)cc2)cc1. The largest absolute Gasteiger partial charge is 0.457 e. The number of nitrogens with zero attached hydrogens (tertiary/aromatic N) is 3. The van der Waals surface area contributed by atoms with E-state index < -0.39 is 0 Å². The highest BCUT2D eigenvalue weighted by atomic mass is 35.5. The molecule has 1 aliphatic rings. The molecular weight excluding hydrogens is 536 g/mol. The van der Waals surface area contributed by atoms with Crippen LogP contribution in [0.4, 0.5) is 5.69 Å². The second-order valence-electron chi connectivity index (χ2n) is 10.0. The van der Waals surface area contributed by atoms with E-state index in [4.69, 9.17) is 33.5 Å². The van der Waals surface area contributed by atoms with Gasteiger partial charge in [0.1, 0.15) is 11.5 Å². The Morgan fingerprint density at radius 1 is 0.850 bits per heavy atom. The van der Waals surface area contributed by atoms with Gasteiger partial charge in [-0.05, 0) is 105 Å². The molecule has 3 aromatic carbocycles. The van der Waals surface area contributed by atoms with Crippen molar-refractivity contribution in [1.82, 2.24) is 14.9 Å². The van der Waals surface area contributed by atoms with Crippen LogP contribution in [-0.2, 0) is 0 Å². The van der Waals surface area contributed by atoms with Gasteiger partial charge in [-0.1, -0.05) is 47.5 Å². The molecule has 0 spiro atoms. The molecule has 0 bridgehead atoms. The molecule has 1 N–H and O–H groups in total. The second-order valence-corrected chi connectivity index (χ2v) is 10.8. The van der Waals surface area contributed by atoms with Crippen LogP contribution in [0.3, 0.4) is 0 Å². The molecule has 0 amide bonds. The smallest absolute Gasteiger partial charge is 0.174 e. The van der Waals surface area contributed by atoms with E-state index in [-0.39, 0.29) is 12.1 Å². The van der Waals surface area contributed by atoms with E-state index in [2.05, 4.69) is 53.8 Å². The fourth-order valence-electron chi connectivity index (χ4n) is 5.46. The van der Waals surface area contributed by atoms with Gasteiger partial charge in [-0.15, -0.1) is 0 Å². The van der Waals surface area contributed by atoms with Crippen molar-refractivity contribution >= 4 is 34.6 Å². The lowest BCUT2D eigenvalue weighted by molar-refractivity contribution is 0.482. The molecule has 1 fully saturated rings. The van der Waals surface area contributed by atoms with Crippen molar-refractivity contribution in [3.8, 4) is 17.2 Å². The third kappa shape index (κ3) is 4.85. The van der Waals surface area contributed by atoms with Gasteiger partial charge in [0.05, 0.1) is 28.5 Å². The highest BCUT2D eigenvalue weighted by Crippen LogP contribution is 2.44. The molecule has 1 aliphatic heterocycles. The number of thiocarbonyl (C=S) groups is 1. The zero-order valence-electron chi connectivity index (χ0n) is 22.5. The Kier molecular flexibility index (Phi) is 7.05. The molecule has 0 unspecified atom stereocenters. The number of anilines is 1. The first kappa shape index (κ1) is 26.1. The maximum atomic E-state index is 6.64. The van der Waals surface area contributed by atoms with Gasteiger partial charge in [0, 0.05) is 23.3 Å². The number of nitrogens with one attached hydrogen (secondary N) is 1. The van der Waals surface area contributed by atoms with E-state index in [0.717, 1.165) is 45.5 Å². The highest BCUT2D eigenvalue weighted by molar-refractivity contribution is 7.80. The van der Waals surface area contributed by atoms with Gasteiger partial charge in [0.15, 0.2) is 5.11 Å². The van der Waals surface area contributed by atoms with Crippen LogP contribution in [-0.4, -0.2) is 14.7 Å². The van der Waals surface area contributed by atoms with Crippen molar-refractivity contribution in [2.45, 2.75) is 32.9 Å². The number of ether oxygens (including phenoxy) is 1. The Hall–Kier alpha value is -4.13. The summed E-state index contributed by atoms with van der Waals surface area (Å²) < 4.78 is 8.30. The molecule has 0 saturated carbocycles. The number of aryl methyl sites for hydroxylation is 2.